The normalized spacial score (nSPS) is 16.3. The van der Waals surface area contributed by atoms with E-state index in [-0.39, 0.29) is 24.6 Å². The van der Waals surface area contributed by atoms with Gasteiger partial charge in [-0.3, -0.25) is 0 Å². The Hall–Kier alpha value is -0.320. The summed E-state index contributed by atoms with van der Waals surface area (Å²) >= 11 is 12.0. The Balaban J connectivity index is 2.82. The molecule has 3 unspecified atom stereocenters. The van der Waals surface area contributed by atoms with Gasteiger partial charge in [0.05, 0.1) is 0 Å². The molecule has 3 nitrogen and oxygen atoms in total. The molecule has 1 aromatic rings. The van der Waals surface area contributed by atoms with Gasteiger partial charge in [0, 0.05) is 35.3 Å². The van der Waals surface area contributed by atoms with Gasteiger partial charge in [-0.05, 0) is 36.6 Å². The Morgan fingerprint density at radius 1 is 1.22 bits per heavy atom. The molecule has 3 atom stereocenters. The van der Waals surface area contributed by atoms with E-state index in [1.807, 2.05) is 26.0 Å². The van der Waals surface area contributed by atoms with Gasteiger partial charge < -0.3 is 16.2 Å². The number of hydrogen-bond acceptors (Lipinski definition) is 3. The van der Waals surface area contributed by atoms with Crippen LogP contribution in [0.1, 0.15) is 25.5 Å². The maximum Gasteiger partial charge on any atom is 0.0471 e. The van der Waals surface area contributed by atoms with Crippen LogP contribution >= 0.6 is 23.2 Å². The molecule has 1 aromatic carbocycles. The van der Waals surface area contributed by atoms with Crippen molar-refractivity contribution in [2.75, 3.05) is 13.2 Å². The zero-order valence-corrected chi connectivity index (χ0v) is 12.2. The predicted octanol–water partition coefficient (Wildman–Crippen LogP) is 2.60. The van der Waals surface area contributed by atoms with Gasteiger partial charge in [0.2, 0.25) is 0 Å². The zero-order valence-electron chi connectivity index (χ0n) is 10.7. The summed E-state index contributed by atoms with van der Waals surface area (Å²) in [6.45, 7) is 4.59. The molecule has 0 saturated heterocycles. The molecule has 0 amide bonds. The molecule has 0 saturated carbocycles. The quantitative estimate of drug-likeness (QED) is 0.755. The Bertz CT molecular complexity index is 367. The fourth-order valence-corrected chi connectivity index (χ4v) is 2.26. The molecule has 0 aliphatic rings. The van der Waals surface area contributed by atoms with E-state index in [1.54, 1.807) is 6.07 Å². The topological polar surface area (TPSA) is 58.3 Å². The minimum absolute atomic E-state index is 0.0230. The first-order valence-corrected chi connectivity index (χ1v) is 6.76. The second-order valence-corrected chi connectivity index (χ2v) is 5.48. The highest BCUT2D eigenvalue weighted by Gasteiger charge is 2.17. The first-order valence-electron chi connectivity index (χ1n) is 6.01. The van der Waals surface area contributed by atoms with Crippen molar-refractivity contribution in [1.82, 2.24) is 5.32 Å². The molecule has 0 fully saturated rings. The summed E-state index contributed by atoms with van der Waals surface area (Å²) in [6.07, 6.45) is 0. The zero-order chi connectivity index (χ0) is 13.7. The lowest BCUT2D eigenvalue weighted by Crippen LogP contribution is -2.39. The van der Waals surface area contributed by atoms with Gasteiger partial charge in [-0.15, -0.1) is 0 Å². The monoisotopic (exact) mass is 290 g/mol. The molecule has 1 rings (SSSR count). The van der Waals surface area contributed by atoms with Crippen LogP contribution in [0, 0.1) is 5.92 Å². The van der Waals surface area contributed by atoms with Gasteiger partial charge in [0.15, 0.2) is 0 Å². The summed E-state index contributed by atoms with van der Waals surface area (Å²) in [5.74, 6) is 0.161. The lowest BCUT2D eigenvalue weighted by Gasteiger charge is -2.26. The van der Waals surface area contributed by atoms with Gasteiger partial charge in [-0.25, -0.2) is 0 Å². The standard InChI is InChI=1S/C13H20Cl2N2O/c1-8(7-18)9(2)17-13(6-16)10-3-11(14)5-12(15)4-10/h3-5,8-9,13,17-18H,6-7,16H2,1-2H3. The fourth-order valence-electron chi connectivity index (χ4n) is 1.72. The maximum absolute atomic E-state index is 9.14. The minimum Gasteiger partial charge on any atom is -0.396 e. The number of hydrogen-bond donors (Lipinski definition) is 3. The van der Waals surface area contributed by atoms with Gasteiger partial charge >= 0.3 is 0 Å². The maximum atomic E-state index is 9.14. The number of benzene rings is 1. The van der Waals surface area contributed by atoms with Crippen LogP contribution in [0.25, 0.3) is 0 Å². The summed E-state index contributed by atoms with van der Waals surface area (Å²) in [7, 11) is 0. The molecule has 0 heterocycles. The Labute approximate surface area is 118 Å². The van der Waals surface area contributed by atoms with Crippen molar-refractivity contribution < 1.29 is 5.11 Å². The van der Waals surface area contributed by atoms with Crippen molar-refractivity contribution in [3.8, 4) is 0 Å². The van der Waals surface area contributed by atoms with E-state index in [1.165, 1.54) is 0 Å². The molecule has 18 heavy (non-hydrogen) atoms. The molecule has 0 radical (unpaired) electrons. The van der Waals surface area contributed by atoms with Crippen LogP contribution in [-0.2, 0) is 0 Å². The predicted molar refractivity (Wildman–Crippen MR) is 77.1 cm³/mol. The van der Waals surface area contributed by atoms with Crippen molar-refractivity contribution >= 4 is 23.2 Å². The summed E-state index contributed by atoms with van der Waals surface area (Å²) < 4.78 is 0. The number of nitrogens with one attached hydrogen (secondary N) is 1. The molecule has 0 spiro atoms. The van der Waals surface area contributed by atoms with Crippen LogP contribution in [0.15, 0.2) is 18.2 Å². The third-order valence-corrected chi connectivity index (χ3v) is 3.57. The average Bonchev–Trinajstić information content (AvgIpc) is 2.33. The summed E-state index contributed by atoms with van der Waals surface area (Å²) in [5, 5.41) is 13.7. The van der Waals surface area contributed by atoms with Crippen molar-refractivity contribution in [2.45, 2.75) is 25.9 Å². The van der Waals surface area contributed by atoms with Crippen molar-refractivity contribution in [3.63, 3.8) is 0 Å². The van der Waals surface area contributed by atoms with Crippen LogP contribution in [0.4, 0.5) is 0 Å². The highest BCUT2D eigenvalue weighted by Crippen LogP contribution is 2.24. The second-order valence-electron chi connectivity index (χ2n) is 4.61. The number of aliphatic hydroxyl groups is 1. The van der Waals surface area contributed by atoms with Gasteiger partial charge in [0.1, 0.15) is 0 Å². The Morgan fingerprint density at radius 3 is 2.22 bits per heavy atom. The Kier molecular flexibility index (Phi) is 6.39. The molecule has 102 valence electrons. The van der Waals surface area contributed by atoms with Crippen LogP contribution in [0.2, 0.25) is 10.0 Å². The third-order valence-electron chi connectivity index (χ3n) is 3.13. The van der Waals surface area contributed by atoms with E-state index < -0.39 is 0 Å². The lowest BCUT2D eigenvalue weighted by molar-refractivity contribution is 0.201. The van der Waals surface area contributed by atoms with E-state index in [9.17, 15) is 0 Å². The van der Waals surface area contributed by atoms with E-state index >= 15 is 0 Å². The van der Waals surface area contributed by atoms with E-state index in [4.69, 9.17) is 34.0 Å². The van der Waals surface area contributed by atoms with Crippen molar-refractivity contribution in [3.05, 3.63) is 33.8 Å². The van der Waals surface area contributed by atoms with E-state index in [0.29, 0.717) is 16.6 Å². The molecule has 4 N–H and O–H groups in total. The molecular weight excluding hydrogens is 271 g/mol. The van der Waals surface area contributed by atoms with E-state index in [0.717, 1.165) is 5.56 Å². The Morgan fingerprint density at radius 2 is 1.78 bits per heavy atom. The van der Waals surface area contributed by atoms with Crippen LogP contribution in [0.3, 0.4) is 0 Å². The second kappa shape index (κ2) is 7.31. The third kappa shape index (κ3) is 4.41. The van der Waals surface area contributed by atoms with E-state index in [2.05, 4.69) is 5.32 Å². The minimum atomic E-state index is -0.0230. The smallest absolute Gasteiger partial charge is 0.0471 e. The molecule has 5 heteroatoms. The highest BCUT2D eigenvalue weighted by molar-refractivity contribution is 6.34. The summed E-state index contributed by atoms with van der Waals surface area (Å²) in [5.41, 5.74) is 6.75. The van der Waals surface area contributed by atoms with Gasteiger partial charge in [-0.2, -0.15) is 0 Å². The molecule has 0 aliphatic heterocycles. The van der Waals surface area contributed by atoms with Crippen LogP contribution < -0.4 is 11.1 Å². The van der Waals surface area contributed by atoms with Crippen molar-refractivity contribution in [2.24, 2.45) is 11.7 Å². The van der Waals surface area contributed by atoms with Gasteiger partial charge in [-0.1, -0.05) is 30.1 Å². The fraction of sp³-hybridized carbons (Fsp3) is 0.538. The van der Waals surface area contributed by atoms with Crippen LogP contribution in [0.5, 0.6) is 0 Å². The first kappa shape index (κ1) is 15.7. The molecular formula is C13H20Cl2N2O. The number of halogens is 2. The van der Waals surface area contributed by atoms with Crippen LogP contribution in [-0.4, -0.2) is 24.3 Å². The van der Waals surface area contributed by atoms with Crippen molar-refractivity contribution in [1.29, 1.82) is 0 Å². The number of aliphatic hydroxyl groups excluding tert-OH is 1. The molecule has 0 aromatic heterocycles. The largest absolute Gasteiger partial charge is 0.396 e. The summed E-state index contributed by atoms with van der Waals surface area (Å²) in [6, 6.07) is 5.54. The molecule has 0 bridgehead atoms. The lowest BCUT2D eigenvalue weighted by atomic mass is 10.0. The average molecular weight is 291 g/mol. The van der Waals surface area contributed by atoms with Gasteiger partial charge in [0.25, 0.3) is 0 Å². The number of rotatable bonds is 6. The highest BCUT2D eigenvalue weighted by atomic mass is 35.5. The first-order chi connectivity index (χ1) is 8.47. The summed E-state index contributed by atoms with van der Waals surface area (Å²) in [4.78, 5) is 0. The SMILES string of the molecule is CC(CO)C(C)NC(CN)c1cc(Cl)cc(Cl)c1. The number of nitrogens with two attached hydrogens (primary N) is 1. The molecule has 0 aliphatic carbocycles.